The molecule has 0 radical (unpaired) electrons. The van der Waals surface area contributed by atoms with E-state index in [1.165, 1.54) is 29.2 Å². The van der Waals surface area contributed by atoms with E-state index in [-0.39, 0.29) is 18.9 Å². The minimum absolute atomic E-state index is 0.0278. The Morgan fingerprint density at radius 1 is 1.10 bits per heavy atom. The van der Waals surface area contributed by atoms with Crippen molar-refractivity contribution in [1.82, 2.24) is 4.90 Å². The summed E-state index contributed by atoms with van der Waals surface area (Å²) in [7, 11) is 1.56. The predicted octanol–water partition coefficient (Wildman–Crippen LogP) is 3.45. The lowest BCUT2D eigenvalue weighted by Gasteiger charge is -2.22. The van der Waals surface area contributed by atoms with Crippen molar-refractivity contribution in [2.45, 2.75) is 32.1 Å². The number of rotatable bonds is 7. The number of likely N-dealkylation sites (tertiary alicyclic amines) is 1. The van der Waals surface area contributed by atoms with Gasteiger partial charge >= 0.3 is 12.1 Å². The number of hydrogen-bond donors (Lipinski definition) is 0. The van der Waals surface area contributed by atoms with E-state index in [0.29, 0.717) is 30.7 Å². The minimum atomic E-state index is -0.708. The molecule has 9 nitrogen and oxygen atoms in total. The fourth-order valence-corrected chi connectivity index (χ4v) is 3.19. The minimum Gasteiger partial charge on any atom is -0.497 e. The second-order valence-electron chi connectivity index (χ2n) is 6.79. The highest BCUT2D eigenvalue weighted by Gasteiger charge is 2.36. The normalized spacial score (nSPS) is 15.5. The standard InChI is InChI=1S/C21H22N2O7/c1-28-18-5-2-4-16(12-18)14-30-21(25)22-11-3-6-19(22)20(24)29-13-15-7-9-17(10-8-15)23(26)27/h2,4-5,7-10,12,19H,3,6,11,13-14H2,1H3. The zero-order chi connectivity index (χ0) is 21.5. The second-order valence-corrected chi connectivity index (χ2v) is 6.79. The van der Waals surface area contributed by atoms with E-state index in [4.69, 9.17) is 14.2 Å². The molecular formula is C21H22N2O7. The Hall–Kier alpha value is -3.62. The van der Waals surface area contributed by atoms with Crippen LogP contribution in [0.4, 0.5) is 10.5 Å². The number of nitrogens with zero attached hydrogens (tertiary/aromatic N) is 2. The van der Waals surface area contributed by atoms with Gasteiger partial charge in [-0.25, -0.2) is 9.59 Å². The van der Waals surface area contributed by atoms with Gasteiger partial charge in [0, 0.05) is 18.7 Å². The second kappa shape index (κ2) is 9.73. The first kappa shape index (κ1) is 21.1. The molecule has 1 aliphatic rings. The molecule has 0 N–H and O–H groups in total. The van der Waals surface area contributed by atoms with Crippen LogP contribution < -0.4 is 4.74 Å². The number of carbonyl (C=O) groups is 2. The summed E-state index contributed by atoms with van der Waals surface area (Å²) in [6.45, 7) is 0.450. The van der Waals surface area contributed by atoms with Crippen LogP contribution in [-0.2, 0) is 27.5 Å². The summed E-state index contributed by atoms with van der Waals surface area (Å²) >= 11 is 0. The van der Waals surface area contributed by atoms with Crippen LogP contribution in [0.15, 0.2) is 48.5 Å². The van der Waals surface area contributed by atoms with Crippen molar-refractivity contribution in [2.24, 2.45) is 0 Å². The topological polar surface area (TPSA) is 108 Å². The lowest BCUT2D eigenvalue weighted by Crippen LogP contribution is -2.41. The monoisotopic (exact) mass is 414 g/mol. The molecule has 1 saturated heterocycles. The Labute approximate surface area is 173 Å². The first-order valence-electron chi connectivity index (χ1n) is 9.44. The van der Waals surface area contributed by atoms with Gasteiger partial charge in [0.05, 0.1) is 12.0 Å². The van der Waals surface area contributed by atoms with Gasteiger partial charge in [-0.2, -0.15) is 0 Å². The highest BCUT2D eigenvalue weighted by Crippen LogP contribution is 2.21. The van der Waals surface area contributed by atoms with Gasteiger partial charge in [-0.1, -0.05) is 12.1 Å². The zero-order valence-corrected chi connectivity index (χ0v) is 16.5. The first-order chi connectivity index (χ1) is 14.5. The number of benzene rings is 2. The summed E-state index contributed by atoms with van der Waals surface area (Å²) in [5.74, 6) is 0.140. The molecule has 0 bridgehead atoms. The Balaban J connectivity index is 1.52. The molecule has 30 heavy (non-hydrogen) atoms. The number of non-ortho nitro benzene ring substituents is 1. The van der Waals surface area contributed by atoms with E-state index in [1.54, 1.807) is 25.3 Å². The molecule has 3 rings (SSSR count). The van der Waals surface area contributed by atoms with Gasteiger partial charge in [-0.15, -0.1) is 0 Å². The zero-order valence-electron chi connectivity index (χ0n) is 16.5. The Morgan fingerprint density at radius 3 is 2.53 bits per heavy atom. The maximum Gasteiger partial charge on any atom is 0.410 e. The third-order valence-corrected chi connectivity index (χ3v) is 4.78. The predicted molar refractivity (Wildman–Crippen MR) is 106 cm³/mol. The van der Waals surface area contributed by atoms with Crippen LogP contribution in [-0.4, -0.2) is 41.6 Å². The molecule has 1 amide bonds. The van der Waals surface area contributed by atoms with Crippen LogP contribution in [0.2, 0.25) is 0 Å². The molecular weight excluding hydrogens is 392 g/mol. The van der Waals surface area contributed by atoms with Gasteiger partial charge in [-0.3, -0.25) is 15.0 Å². The molecule has 2 aromatic rings. The van der Waals surface area contributed by atoms with Crippen molar-refractivity contribution in [3.8, 4) is 5.75 Å². The van der Waals surface area contributed by atoms with Crippen LogP contribution in [0, 0.1) is 10.1 Å². The molecule has 1 heterocycles. The maximum atomic E-state index is 12.5. The third-order valence-electron chi connectivity index (χ3n) is 4.78. The van der Waals surface area contributed by atoms with Crippen LogP contribution in [0.1, 0.15) is 24.0 Å². The van der Waals surface area contributed by atoms with Gasteiger partial charge in [0.2, 0.25) is 0 Å². The van der Waals surface area contributed by atoms with Gasteiger partial charge in [-0.05, 0) is 48.2 Å². The number of nitro groups is 1. The summed E-state index contributed by atoms with van der Waals surface area (Å²) in [4.78, 5) is 36.5. The quantitative estimate of drug-likeness (QED) is 0.388. The summed E-state index contributed by atoms with van der Waals surface area (Å²) in [5, 5.41) is 10.7. The van der Waals surface area contributed by atoms with Crippen LogP contribution in [0.25, 0.3) is 0 Å². The lowest BCUT2D eigenvalue weighted by atomic mass is 10.2. The molecule has 9 heteroatoms. The highest BCUT2D eigenvalue weighted by atomic mass is 16.6. The van der Waals surface area contributed by atoms with Crippen molar-refractivity contribution in [2.75, 3.05) is 13.7 Å². The van der Waals surface area contributed by atoms with Gasteiger partial charge in [0.1, 0.15) is 25.0 Å². The van der Waals surface area contributed by atoms with E-state index in [0.717, 1.165) is 5.56 Å². The molecule has 0 aromatic heterocycles. The fraction of sp³-hybridized carbons (Fsp3) is 0.333. The number of methoxy groups -OCH3 is 1. The van der Waals surface area contributed by atoms with Gasteiger partial charge < -0.3 is 14.2 Å². The number of ether oxygens (including phenoxy) is 3. The smallest absolute Gasteiger partial charge is 0.410 e. The van der Waals surface area contributed by atoms with E-state index in [2.05, 4.69) is 0 Å². The number of esters is 1. The molecule has 2 aromatic carbocycles. The molecule has 0 saturated carbocycles. The largest absolute Gasteiger partial charge is 0.497 e. The fourth-order valence-electron chi connectivity index (χ4n) is 3.19. The molecule has 0 aliphatic carbocycles. The molecule has 1 unspecified atom stereocenters. The van der Waals surface area contributed by atoms with Crippen LogP contribution in [0.3, 0.4) is 0 Å². The molecule has 1 aliphatic heterocycles. The van der Waals surface area contributed by atoms with Crippen LogP contribution >= 0.6 is 0 Å². The summed E-state index contributed by atoms with van der Waals surface area (Å²) < 4.78 is 15.8. The summed E-state index contributed by atoms with van der Waals surface area (Å²) in [6, 6.07) is 12.2. The number of carbonyl (C=O) groups excluding carboxylic acids is 2. The van der Waals surface area contributed by atoms with E-state index < -0.39 is 23.0 Å². The molecule has 0 spiro atoms. The van der Waals surface area contributed by atoms with Crippen LogP contribution in [0.5, 0.6) is 5.75 Å². The lowest BCUT2D eigenvalue weighted by molar-refractivity contribution is -0.384. The Bertz CT molecular complexity index is 914. The SMILES string of the molecule is COc1cccc(COC(=O)N2CCCC2C(=O)OCc2ccc([N+](=O)[O-])cc2)c1. The van der Waals surface area contributed by atoms with Crippen molar-refractivity contribution in [1.29, 1.82) is 0 Å². The highest BCUT2D eigenvalue weighted by molar-refractivity contribution is 5.82. The van der Waals surface area contributed by atoms with Crippen molar-refractivity contribution < 1.29 is 28.7 Å². The molecule has 1 fully saturated rings. The van der Waals surface area contributed by atoms with Gasteiger partial charge in [0.25, 0.3) is 5.69 Å². The number of amides is 1. The average molecular weight is 414 g/mol. The Kier molecular flexibility index (Phi) is 6.84. The van der Waals surface area contributed by atoms with E-state index in [1.807, 2.05) is 6.07 Å². The maximum absolute atomic E-state index is 12.5. The van der Waals surface area contributed by atoms with Crippen molar-refractivity contribution >= 4 is 17.7 Å². The number of nitro benzene ring substituents is 1. The van der Waals surface area contributed by atoms with Crippen molar-refractivity contribution in [3.63, 3.8) is 0 Å². The van der Waals surface area contributed by atoms with E-state index in [9.17, 15) is 19.7 Å². The van der Waals surface area contributed by atoms with E-state index >= 15 is 0 Å². The van der Waals surface area contributed by atoms with Gasteiger partial charge in [0.15, 0.2) is 0 Å². The average Bonchev–Trinajstić information content (AvgIpc) is 3.26. The number of hydrogen-bond acceptors (Lipinski definition) is 7. The summed E-state index contributed by atoms with van der Waals surface area (Å²) in [6.07, 6.45) is 0.589. The first-order valence-corrected chi connectivity index (χ1v) is 9.44. The molecule has 1 atom stereocenters. The summed E-state index contributed by atoms with van der Waals surface area (Å²) in [5.41, 5.74) is 1.36. The molecule has 158 valence electrons. The third kappa shape index (κ3) is 5.25. The van der Waals surface area contributed by atoms with Crippen molar-refractivity contribution in [3.05, 3.63) is 69.8 Å². The Morgan fingerprint density at radius 2 is 1.83 bits per heavy atom.